The number of carbonyl (C=O) groups is 1. The van der Waals surface area contributed by atoms with E-state index in [0.29, 0.717) is 9.13 Å². The molecule has 1 fully saturated rings. The number of rotatable bonds is 2. The highest BCUT2D eigenvalue weighted by Gasteiger charge is 2.20. The van der Waals surface area contributed by atoms with Crippen LogP contribution in [0.15, 0.2) is 12.1 Å². The highest BCUT2D eigenvalue weighted by atomic mass is 127. The number of halogens is 3. The van der Waals surface area contributed by atoms with Gasteiger partial charge in [0.2, 0.25) is 0 Å². The van der Waals surface area contributed by atoms with Gasteiger partial charge in [-0.25, -0.2) is 4.39 Å². The van der Waals surface area contributed by atoms with E-state index in [1.807, 2.05) is 22.6 Å². The average Bonchev–Trinajstić information content (AvgIpc) is 2.76. The lowest BCUT2D eigenvalue weighted by Gasteiger charge is -2.13. The maximum atomic E-state index is 13.2. The van der Waals surface area contributed by atoms with Gasteiger partial charge in [-0.15, -0.1) is 0 Å². The van der Waals surface area contributed by atoms with E-state index in [0.717, 1.165) is 25.7 Å². The molecule has 1 N–H and O–H groups in total. The Balaban J connectivity index is 2.15. The fraction of sp³-hybridized carbons (Fsp3) is 0.417. The zero-order valence-electron chi connectivity index (χ0n) is 9.10. The summed E-state index contributed by atoms with van der Waals surface area (Å²) in [6.45, 7) is 0. The quantitative estimate of drug-likeness (QED) is 0.626. The number of carbonyl (C=O) groups excluding carboxylic acids is 1. The Kier molecular flexibility index (Phi) is 4.25. The maximum Gasteiger partial charge on any atom is 0.253 e. The van der Waals surface area contributed by atoms with Crippen molar-refractivity contribution in [2.75, 3.05) is 0 Å². The van der Waals surface area contributed by atoms with Gasteiger partial charge in [-0.1, -0.05) is 24.4 Å². The number of hydrogen-bond donors (Lipinski definition) is 1. The Morgan fingerprint density at radius 3 is 2.71 bits per heavy atom. The van der Waals surface area contributed by atoms with Crippen LogP contribution >= 0.6 is 34.2 Å². The third kappa shape index (κ3) is 3.10. The zero-order chi connectivity index (χ0) is 12.4. The number of nitrogens with one attached hydrogen (secondary N) is 1. The molecule has 92 valence electrons. The summed E-state index contributed by atoms with van der Waals surface area (Å²) in [6.07, 6.45) is 4.34. The standard InChI is InChI=1S/C12H12ClFINO/c13-9-6-10(14)11(15)5-8(9)12(17)16-7-3-1-2-4-7/h5-7H,1-4H2,(H,16,17). The monoisotopic (exact) mass is 367 g/mol. The molecule has 2 rings (SSSR count). The molecule has 0 radical (unpaired) electrons. The summed E-state index contributed by atoms with van der Waals surface area (Å²) in [7, 11) is 0. The topological polar surface area (TPSA) is 29.1 Å². The normalized spacial score (nSPS) is 16.2. The highest BCUT2D eigenvalue weighted by Crippen LogP contribution is 2.23. The fourth-order valence-corrected chi connectivity index (χ4v) is 2.73. The molecule has 1 aliphatic carbocycles. The van der Waals surface area contributed by atoms with Gasteiger partial charge in [0, 0.05) is 9.61 Å². The smallest absolute Gasteiger partial charge is 0.253 e. The summed E-state index contributed by atoms with van der Waals surface area (Å²) in [4.78, 5) is 12.0. The van der Waals surface area contributed by atoms with Crippen molar-refractivity contribution in [2.24, 2.45) is 0 Å². The van der Waals surface area contributed by atoms with E-state index in [1.54, 1.807) is 0 Å². The Bertz CT molecular complexity index is 446. The van der Waals surface area contributed by atoms with Crippen LogP contribution in [0.25, 0.3) is 0 Å². The van der Waals surface area contributed by atoms with Crippen molar-refractivity contribution in [3.63, 3.8) is 0 Å². The molecular weight excluding hydrogens is 355 g/mol. The summed E-state index contributed by atoms with van der Waals surface area (Å²) in [5.74, 6) is -0.604. The van der Waals surface area contributed by atoms with Gasteiger partial charge in [0.15, 0.2) is 0 Å². The molecule has 1 amide bonds. The van der Waals surface area contributed by atoms with Crippen molar-refractivity contribution >= 4 is 40.1 Å². The predicted molar refractivity (Wildman–Crippen MR) is 73.8 cm³/mol. The molecule has 0 saturated heterocycles. The first-order chi connectivity index (χ1) is 8.08. The minimum Gasteiger partial charge on any atom is -0.349 e. The van der Waals surface area contributed by atoms with Gasteiger partial charge in [0.25, 0.3) is 5.91 Å². The van der Waals surface area contributed by atoms with Gasteiger partial charge < -0.3 is 5.32 Å². The van der Waals surface area contributed by atoms with Crippen molar-refractivity contribution in [1.82, 2.24) is 5.32 Å². The van der Waals surface area contributed by atoms with Crippen LogP contribution in [-0.2, 0) is 0 Å². The lowest BCUT2D eigenvalue weighted by Crippen LogP contribution is -2.32. The second-order valence-electron chi connectivity index (χ2n) is 4.20. The molecule has 0 spiro atoms. The number of benzene rings is 1. The number of hydrogen-bond acceptors (Lipinski definition) is 1. The van der Waals surface area contributed by atoms with E-state index >= 15 is 0 Å². The lowest BCUT2D eigenvalue weighted by molar-refractivity contribution is 0.0938. The van der Waals surface area contributed by atoms with Crippen LogP contribution in [0.1, 0.15) is 36.0 Å². The van der Waals surface area contributed by atoms with Crippen LogP contribution in [0.4, 0.5) is 4.39 Å². The van der Waals surface area contributed by atoms with Gasteiger partial charge in [0.05, 0.1) is 10.6 Å². The van der Waals surface area contributed by atoms with E-state index in [1.165, 1.54) is 12.1 Å². The van der Waals surface area contributed by atoms with E-state index in [9.17, 15) is 9.18 Å². The van der Waals surface area contributed by atoms with Gasteiger partial charge in [0.1, 0.15) is 5.82 Å². The van der Waals surface area contributed by atoms with Crippen molar-refractivity contribution in [3.05, 3.63) is 32.1 Å². The first-order valence-electron chi connectivity index (χ1n) is 5.53. The minimum atomic E-state index is -0.395. The van der Waals surface area contributed by atoms with E-state index in [2.05, 4.69) is 5.32 Å². The van der Waals surface area contributed by atoms with Crippen molar-refractivity contribution in [2.45, 2.75) is 31.7 Å². The molecule has 1 aromatic carbocycles. The van der Waals surface area contributed by atoms with Crippen LogP contribution in [-0.4, -0.2) is 11.9 Å². The molecule has 17 heavy (non-hydrogen) atoms. The predicted octanol–water partition coefficient (Wildman–Crippen LogP) is 3.76. The maximum absolute atomic E-state index is 13.2. The van der Waals surface area contributed by atoms with Crippen molar-refractivity contribution < 1.29 is 9.18 Å². The molecule has 0 unspecified atom stereocenters. The Morgan fingerprint density at radius 1 is 1.41 bits per heavy atom. The van der Waals surface area contributed by atoms with Gasteiger partial charge in [-0.05, 0) is 47.6 Å². The summed E-state index contributed by atoms with van der Waals surface area (Å²) in [5.41, 5.74) is 0.351. The SMILES string of the molecule is O=C(NC1CCCC1)c1cc(I)c(F)cc1Cl. The molecule has 0 atom stereocenters. The average molecular weight is 368 g/mol. The van der Waals surface area contributed by atoms with Gasteiger partial charge in [-0.3, -0.25) is 4.79 Å². The molecule has 0 aromatic heterocycles. The summed E-state index contributed by atoms with van der Waals surface area (Å²) in [5, 5.41) is 3.10. The molecule has 0 heterocycles. The zero-order valence-corrected chi connectivity index (χ0v) is 12.0. The second kappa shape index (κ2) is 5.52. The van der Waals surface area contributed by atoms with E-state index in [-0.39, 0.29) is 17.0 Å². The summed E-state index contributed by atoms with van der Waals surface area (Å²) in [6, 6.07) is 2.91. The lowest BCUT2D eigenvalue weighted by atomic mass is 10.1. The van der Waals surface area contributed by atoms with Gasteiger partial charge >= 0.3 is 0 Å². The second-order valence-corrected chi connectivity index (χ2v) is 5.77. The van der Waals surface area contributed by atoms with Crippen LogP contribution in [0, 0.1) is 9.39 Å². The Morgan fingerprint density at radius 2 is 2.06 bits per heavy atom. The summed E-state index contributed by atoms with van der Waals surface area (Å²) >= 11 is 7.73. The van der Waals surface area contributed by atoms with Crippen molar-refractivity contribution in [1.29, 1.82) is 0 Å². The minimum absolute atomic E-state index is 0.165. The Labute approximate surface area is 118 Å². The summed E-state index contributed by atoms with van der Waals surface area (Å²) < 4.78 is 13.6. The van der Waals surface area contributed by atoms with Crippen LogP contribution in [0.2, 0.25) is 5.02 Å². The number of amides is 1. The molecule has 2 nitrogen and oxygen atoms in total. The highest BCUT2D eigenvalue weighted by molar-refractivity contribution is 14.1. The van der Waals surface area contributed by atoms with Gasteiger partial charge in [-0.2, -0.15) is 0 Å². The first-order valence-corrected chi connectivity index (χ1v) is 6.99. The largest absolute Gasteiger partial charge is 0.349 e. The molecule has 1 aliphatic rings. The molecule has 1 saturated carbocycles. The van der Waals surface area contributed by atoms with E-state index < -0.39 is 5.82 Å². The van der Waals surface area contributed by atoms with Crippen molar-refractivity contribution in [3.8, 4) is 0 Å². The first kappa shape index (κ1) is 13.1. The molecule has 0 bridgehead atoms. The molecular formula is C12H12ClFINO. The van der Waals surface area contributed by atoms with Crippen LogP contribution in [0.5, 0.6) is 0 Å². The van der Waals surface area contributed by atoms with Crippen LogP contribution in [0.3, 0.4) is 0 Å². The molecule has 5 heteroatoms. The van der Waals surface area contributed by atoms with Crippen LogP contribution < -0.4 is 5.32 Å². The molecule has 0 aliphatic heterocycles. The molecule has 1 aromatic rings. The fourth-order valence-electron chi connectivity index (χ4n) is 2.03. The third-order valence-corrected chi connectivity index (χ3v) is 4.08. The van der Waals surface area contributed by atoms with E-state index in [4.69, 9.17) is 11.6 Å². The Hall–Kier alpha value is -0.360. The third-order valence-electron chi connectivity index (χ3n) is 2.94.